The molecule has 6 nitrogen and oxygen atoms in total. The summed E-state index contributed by atoms with van der Waals surface area (Å²) in [4.78, 5) is 11.7. The summed E-state index contributed by atoms with van der Waals surface area (Å²) >= 11 is 0. The molecule has 0 heterocycles. The van der Waals surface area contributed by atoms with Crippen LogP contribution in [0.2, 0.25) is 0 Å². The Morgan fingerprint density at radius 2 is 1.80 bits per heavy atom. The Balaban J connectivity index is 2.18. The summed E-state index contributed by atoms with van der Waals surface area (Å²) in [5, 5.41) is 2.24. The highest BCUT2D eigenvalue weighted by Crippen LogP contribution is 2.12. The van der Waals surface area contributed by atoms with Crippen molar-refractivity contribution in [2.45, 2.75) is 58.1 Å². The van der Waals surface area contributed by atoms with E-state index in [9.17, 15) is 13.2 Å². The largest absolute Gasteiger partial charge is 0.449 e. The van der Waals surface area contributed by atoms with E-state index in [-0.39, 0.29) is 6.61 Å². The van der Waals surface area contributed by atoms with Crippen LogP contribution in [-0.4, -0.2) is 32.9 Å². The molecule has 0 atom stereocenters. The predicted octanol–water partition coefficient (Wildman–Crippen LogP) is 3.69. The van der Waals surface area contributed by atoms with E-state index in [4.69, 9.17) is 4.74 Å². The van der Waals surface area contributed by atoms with Crippen molar-refractivity contribution in [1.82, 2.24) is 4.72 Å². The van der Waals surface area contributed by atoms with Crippen molar-refractivity contribution in [3.05, 3.63) is 29.8 Å². The molecule has 0 spiro atoms. The Bertz CT molecular complexity index is 612. The second-order valence-corrected chi connectivity index (χ2v) is 8.58. The summed E-state index contributed by atoms with van der Waals surface area (Å²) < 4.78 is 30.7. The first kappa shape index (κ1) is 21.4. The summed E-state index contributed by atoms with van der Waals surface area (Å²) in [6.07, 6.45) is 4.08. The van der Waals surface area contributed by atoms with Gasteiger partial charge in [0.25, 0.3) is 0 Å². The van der Waals surface area contributed by atoms with Crippen LogP contribution in [0.15, 0.2) is 24.3 Å². The van der Waals surface area contributed by atoms with Crippen molar-refractivity contribution in [2.24, 2.45) is 0 Å². The first-order chi connectivity index (χ1) is 11.8. The minimum absolute atomic E-state index is 0.254. The van der Waals surface area contributed by atoms with Crippen molar-refractivity contribution in [3.8, 4) is 0 Å². The number of carbonyl (C=O) groups is 1. The highest BCUT2D eigenvalue weighted by Gasteiger charge is 2.14. The zero-order valence-corrected chi connectivity index (χ0v) is 16.2. The lowest BCUT2D eigenvalue weighted by molar-refractivity contribution is 0.159. The number of benzene rings is 1. The number of sulfonamides is 1. The van der Waals surface area contributed by atoms with Gasteiger partial charge in [0.1, 0.15) is 0 Å². The van der Waals surface area contributed by atoms with E-state index in [1.54, 1.807) is 13.8 Å². The summed E-state index contributed by atoms with van der Waals surface area (Å²) in [6, 6.07) is 7.75. The van der Waals surface area contributed by atoms with Gasteiger partial charge in [-0.2, -0.15) is 0 Å². The molecule has 0 unspecified atom stereocenters. The third-order valence-corrected chi connectivity index (χ3v) is 5.60. The van der Waals surface area contributed by atoms with Gasteiger partial charge in [0.15, 0.2) is 0 Å². The molecule has 0 saturated carbocycles. The van der Waals surface area contributed by atoms with E-state index in [2.05, 4.69) is 17.0 Å². The number of hydrogen-bond donors (Lipinski definition) is 2. The number of carbonyl (C=O) groups excluding carboxylic acids is 1. The van der Waals surface area contributed by atoms with Gasteiger partial charge >= 0.3 is 6.09 Å². The smallest absolute Gasteiger partial charge is 0.411 e. The summed E-state index contributed by atoms with van der Waals surface area (Å²) in [6.45, 7) is 6.03. The average Bonchev–Trinajstić information content (AvgIpc) is 2.57. The van der Waals surface area contributed by atoms with Gasteiger partial charge in [-0.3, -0.25) is 5.32 Å². The normalized spacial score (nSPS) is 11.5. The topological polar surface area (TPSA) is 84.5 Å². The van der Waals surface area contributed by atoms with E-state index in [0.29, 0.717) is 25.1 Å². The van der Waals surface area contributed by atoms with Crippen molar-refractivity contribution in [1.29, 1.82) is 0 Å². The first-order valence-electron chi connectivity index (χ1n) is 8.86. The summed E-state index contributed by atoms with van der Waals surface area (Å²) in [7, 11) is -3.22. The Morgan fingerprint density at radius 3 is 2.40 bits per heavy atom. The highest BCUT2D eigenvalue weighted by atomic mass is 32.2. The fourth-order valence-corrected chi connectivity index (χ4v) is 2.82. The lowest BCUT2D eigenvalue weighted by Crippen LogP contribution is -2.31. The van der Waals surface area contributed by atoms with Crippen LogP contribution in [-0.2, 0) is 21.2 Å². The molecule has 0 aromatic heterocycles. The first-order valence-corrected chi connectivity index (χ1v) is 10.4. The Labute approximate surface area is 151 Å². The monoisotopic (exact) mass is 370 g/mol. The lowest BCUT2D eigenvalue weighted by atomic mass is 10.1. The van der Waals surface area contributed by atoms with Crippen molar-refractivity contribution >= 4 is 21.8 Å². The maximum absolute atomic E-state index is 11.7. The molecule has 0 aliphatic heterocycles. The number of amides is 1. The van der Waals surface area contributed by atoms with Gasteiger partial charge in [0, 0.05) is 12.2 Å². The third-order valence-electron chi connectivity index (χ3n) is 3.75. The maximum atomic E-state index is 11.7. The zero-order chi connectivity index (χ0) is 18.7. The van der Waals surface area contributed by atoms with E-state index in [0.717, 1.165) is 19.3 Å². The zero-order valence-electron chi connectivity index (χ0n) is 15.4. The van der Waals surface area contributed by atoms with Gasteiger partial charge in [0.05, 0.1) is 11.9 Å². The van der Waals surface area contributed by atoms with E-state index in [1.807, 2.05) is 24.3 Å². The number of aryl methyl sites for hydroxylation is 1. The molecule has 0 bridgehead atoms. The second kappa shape index (κ2) is 11.1. The van der Waals surface area contributed by atoms with E-state index >= 15 is 0 Å². The SMILES string of the molecule is CCCCc1ccc(NC(=O)OCCCCNS(=O)(=O)C(C)C)cc1. The van der Waals surface area contributed by atoms with E-state index < -0.39 is 21.4 Å². The molecule has 1 rings (SSSR count). The average molecular weight is 371 g/mol. The number of anilines is 1. The van der Waals surface area contributed by atoms with E-state index in [1.165, 1.54) is 5.56 Å². The Kier molecular flexibility index (Phi) is 9.52. The molecule has 142 valence electrons. The van der Waals surface area contributed by atoms with Crippen molar-refractivity contribution < 1.29 is 17.9 Å². The molecule has 1 aromatic carbocycles. The van der Waals surface area contributed by atoms with Gasteiger partial charge in [0.2, 0.25) is 10.0 Å². The summed E-state index contributed by atoms with van der Waals surface area (Å²) in [5.41, 5.74) is 1.96. The fourth-order valence-electron chi connectivity index (χ4n) is 2.06. The van der Waals surface area contributed by atoms with Crippen LogP contribution in [0.5, 0.6) is 0 Å². The van der Waals surface area contributed by atoms with Crippen LogP contribution in [0.25, 0.3) is 0 Å². The number of ether oxygens (including phenoxy) is 1. The number of unbranched alkanes of at least 4 members (excludes halogenated alkanes) is 2. The fraction of sp³-hybridized carbons (Fsp3) is 0.611. The van der Waals surface area contributed by atoms with Gasteiger partial charge in [-0.25, -0.2) is 17.9 Å². The van der Waals surface area contributed by atoms with Crippen molar-refractivity contribution in [2.75, 3.05) is 18.5 Å². The standard InChI is InChI=1S/C18H30N2O4S/c1-4-5-8-16-9-11-17(12-10-16)20-18(21)24-14-7-6-13-19-25(22,23)15(2)3/h9-12,15,19H,4-8,13-14H2,1-3H3,(H,20,21). The van der Waals surface area contributed by atoms with Crippen LogP contribution >= 0.6 is 0 Å². The molecule has 1 amide bonds. The number of rotatable bonds is 11. The van der Waals surface area contributed by atoms with Crippen LogP contribution < -0.4 is 10.0 Å². The van der Waals surface area contributed by atoms with Gasteiger partial charge in [-0.15, -0.1) is 0 Å². The minimum atomic E-state index is -3.22. The van der Waals surface area contributed by atoms with Gasteiger partial charge in [-0.1, -0.05) is 25.5 Å². The predicted molar refractivity (Wildman–Crippen MR) is 101 cm³/mol. The van der Waals surface area contributed by atoms with Gasteiger partial charge < -0.3 is 4.74 Å². The third kappa shape index (κ3) is 8.88. The minimum Gasteiger partial charge on any atom is -0.449 e. The lowest BCUT2D eigenvalue weighted by Gasteiger charge is -2.10. The maximum Gasteiger partial charge on any atom is 0.411 e. The van der Waals surface area contributed by atoms with Crippen LogP contribution in [0.4, 0.5) is 10.5 Å². The molecule has 0 aliphatic carbocycles. The molecule has 25 heavy (non-hydrogen) atoms. The molecule has 0 aliphatic rings. The van der Waals surface area contributed by atoms with Crippen LogP contribution in [0, 0.1) is 0 Å². The molecule has 0 radical (unpaired) electrons. The molecule has 0 saturated heterocycles. The summed E-state index contributed by atoms with van der Waals surface area (Å²) in [5.74, 6) is 0. The van der Waals surface area contributed by atoms with Crippen LogP contribution in [0.3, 0.4) is 0 Å². The number of nitrogens with one attached hydrogen (secondary N) is 2. The molecule has 2 N–H and O–H groups in total. The molecule has 0 fully saturated rings. The molecular weight excluding hydrogens is 340 g/mol. The Morgan fingerprint density at radius 1 is 1.12 bits per heavy atom. The van der Waals surface area contributed by atoms with Crippen molar-refractivity contribution in [3.63, 3.8) is 0 Å². The molecular formula is C18H30N2O4S. The molecule has 7 heteroatoms. The molecule has 1 aromatic rings. The second-order valence-electron chi connectivity index (χ2n) is 6.26. The number of hydrogen-bond acceptors (Lipinski definition) is 4. The quantitative estimate of drug-likeness (QED) is 0.582. The highest BCUT2D eigenvalue weighted by molar-refractivity contribution is 7.90. The van der Waals surface area contributed by atoms with Gasteiger partial charge in [-0.05, 0) is 57.2 Å². The van der Waals surface area contributed by atoms with Crippen LogP contribution in [0.1, 0.15) is 52.0 Å². The Hall–Kier alpha value is -1.60.